The molecule has 0 aliphatic carbocycles. The van der Waals surface area contributed by atoms with Gasteiger partial charge in [0.1, 0.15) is 17.0 Å². The molecule has 2 N–H and O–H groups in total. The molecule has 3 aliphatic heterocycles. The van der Waals surface area contributed by atoms with E-state index in [2.05, 4.69) is 18.8 Å². The maximum absolute atomic E-state index is 6.53. The zero-order chi connectivity index (χ0) is 21.8. The number of halogens is 1. The van der Waals surface area contributed by atoms with Crippen LogP contribution >= 0.6 is 11.6 Å². The highest BCUT2D eigenvalue weighted by Crippen LogP contribution is 2.49. The number of hydrogen-bond acceptors (Lipinski definition) is 7. The Labute approximate surface area is 187 Å². The first kappa shape index (κ1) is 20.5. The summed E-state index contributed by atoms with van der Waals surface area (Å²) in [6.07, 6.45) is 2.40. The van der Waals surface area contributed by atoms with Crippen LogP contribution in [-0.2, 0) is 15.3 Å². The topological polar surface area (TPSA) is 82.2 Å². The molecule has 1 aromatic heterocycles. The van der Waals surface area contributed by atoms with Gasteiger partial charge in [-0.15, -0.1) is 0 Å². The monoisotopic (exact) mass is 442 g/mol. The average molecular weight is 443 g/mol. The molecule has 1 saturated heterocycles. The van der Waals surface area contributed by atoms with E-state index in [4.69, 9.17) is 36.6 Å². The Hall–Kier alpha value is -2.35. The van der Waals surface area contributed by atoms with Gasteiger partial charge in [0.2, 0.25) is 11.7 Å². The maximum atomic E-state index is 6.53. The highest BCUT2D eigenvalue weighted by molar-refractivity contribution is 6.29. The first-order valence-corrected chi connectivity index (χ1v) is 11.0. The molecule has 0 saturated carbocycles. The first-order valence-electron chi connectivity index (χ1n) is 10.6. The fourth-order valence-corrected chi connectivity index (χ4v) is 5.02. The van der Waals surface area contributed by atoms with Crippen LogP contribution in [0, 0.1) is 5.92 Å². The third-order valence-electron chi connectivity index (χ3n) is 6.33. The number of hydroxylamine groups is 2. The van der Waals surface area contributed by atoms with E-state index in [0.717, 1.165) is 42.0 Å². The Bertz CT molecular complexity index is 1040. The summed E-state index contributed by atoms with van der Waals surface area (Å²) in [6, 6.07) is 11.6. The summed E-state index contributed by atoms with van der Waals surface area (Å²) >= 11 is 6.11. The Kier molecular flexibility index (Phi) is 4.88. The minimum atomic E-state index is -0.923. The van der Waals surface area contributed by atoms with Crippen molar-refractivity contribution in [1.29, 1.82) is 0 Å². The van der Waals surface area contributed by atoms with Crippen molar-refractivity contribution in [3.8, 4) is 17.0 Å². The average Bonchev–Trinajstić information content (AvgIpc) is 3.00. The minimum Gasteiger partial charge on any atom is -0.489 e. The molecule has 1 spiro atoms. The minimum absolute atomic E-state index is 0.0473. The normalized spacial score (nSPS) is 29.4. The second-order valence-corrected chi connectivity index (χ2v) is 9.51. The lowest BCUT2D eigenvalue weighted by Crippen LogP contribution is -2.46. The van der Waals surface area contributed by atoms with Crippen molar-refractivity contribution in [2.75, 3.05) is 13.7 Å². The number of pyridine rings is 1. The highest BCUT2D eigenvalue weighted by atomic mass is 35.5. The van der Waals surface area contributed by atoms with E-state index in [0.29, 0.717) is 23.5 Å². The highest BCUT2D eigenvalue weighted by Gasteiger charge is 2.51. The van der Waals surface area contributed by atoms with E-state index in [1.54, 1.807) is 13.1 Å². The van der Waals surface area contributed by atoms with E-state index in [9.17, 15) is 0 Å². The third kappa shape index (κ3) is 3.75. The predicted molar refractivity (Wildman–Crippen MR) is 119 cm³/mol. The Morgan fingerprint density at radius 2 is 2.03 bits per heavy atom. The van der Waals surface area contributed by atoms with Crippen LogP contribution in [-0.4, -0.2) is 41.4 Å². The Morgan fingerprint density at radius 1 is 1.19 bits per heavy atom. The number of benzene rings is 1. The fraction of sp³-hybridized carbons (Fsp3) is 0.478. The van der Waals surface area contributed by atoms with Crippen LogP contribution in [0.4, 0.5) is 0 Å². The lowest BCUT2D eigenvalue weighted by molar-refractivity contribution is -0.198. The van der Waals surface area contributed by atoms with Crippen LogP contribution in [0.25, 0.3) is 11.3 Å². The number of aliphatic imine (C=N–C) groups is 1. The standard InChI is InChI=1S/C23H27ClN4O3/c1-22(2)12-15(9-10-29-22)19-13-23(27-21(25)28(3)31-23)16-11-14(7-8-18(16)30-19)17-5-4-6-20(24)26-17/h4-8,11,15,19H,9-10,12-13H2,1-3H3,(H2,25,27). The van der Waals surface area contributed by atoms with E-state index in [1.807, 2.05) is 30.3 Å². The summed E-state index contributed by atoms with van der Waals surface area (Å²) in [7, 11) is 1.78. The van der Waals surface area contributed by atoms with Crippen molar-refractivity contribution in [3.05, 3.63) is 47.1 Å². The van der Waals surface area contributed by atoms with Gasteiger partial charge >= 0.3 is 0 Å². The van der Waals surface area contributed by atoms with Crippen molar-refractivity contribution in [2.45, 2.75) is 50.5 Å². The summed E-state index contributed by atoms with van der Waals surface area (Å²) in [5.74, 6) is 1.46. The smallest absolute Gasteiger partial charge is 0.221 e. The van der Waals surface area contributed by atoms with Gasteiger partial charge in [0.25, 0.3) is 0 Å². The lowest BCUT2D eigenvalue weighted by atomic mass is 9.79. The van der Waals surface area contributed by atoms with Crippen LogP contribution in [0.15, 0.2) is 41.4 Å². The molecule has 4 heterocycles. The summed E-state index contributed by atoms with van der Waals surface area (Å²) < 4.78 is 12.4. The summed E-state index contributed by atoms with van der Waals surface area (Å²) in [5.41, 5.74) is 7.59. The molecule has 1 fully saturated rings. The molecule has 0 bridgehead atoms. The zero-order valence-corrected chi connectivity index (χ0v) is 18.7. The molecule has 31 heavy (non-hydrogen) atoms. The van der Waals surface area contributed by atoms with Gasteiger partial charge in [-0.25, -0.2) is 19.9 Å². The van der Waals surface area contributed by atoms with Crippen LogP contribution in [0.5, 0.6) is 5.75 Å². The molecule has 3 unspecified atom stereocenters. The van der Waals surface area contributed by atoms with Crippen molar-refractivity contribution in [2.24, 2.45) is 16.6 Å². The fourth-order valence-electron chi connectivity index (χ4n) is 4.85. The quantitative estimate of drug-likeness (QED) is 0.705. The molecular formula is C23H27ClN4O3. The van der Waals surface area contributed by atoms with Crippen molar-refractivity contribution >= 4 is 17.6 Å². The number of nitrogens with zero attached hydrogens (tertiary/aromatic N) is 3. The molecule has 164 valence electrons. The van der Waals surface area contributed by atoms with Gasteiger partial charge in [-0.05, 0) is 57.0 Å². The van der Waals surface area contributed by atoms with Gasteiger partial charge in [0, 0.05) is 31.6 Å². The molecule has 1 aromatic carbocycles. The number of guanidine groups is 1. The predicted octanol–water partition coefficient (Wildman–Crippen LogP) is 4.10. The summed E-state index contributed by atoms with van der Waals surface area (Å²) in [5, 5.41) is 1.98. The van der Waals surface area contributed by atoms with Crippen LogP contribution in [0.3, 0.4) is 0 Å². The molecule has 3 aliphatic rings. The van der Waals surface area contributed by atoms with Gasteiger partial charge in [-0.1, -0.05) is 17.7 Å². The van der Waals surface area contributed by atoms with E-state index in [1.165, 1.54) is 5.06 Å². The van der Waals surface area contributed by atoms with Crippen molar-refractivity contribution in [1.82, 2.24) is 10.0 Å². The van der Waals surface area contributed by atoms with Gasteiger partial charge in [0.15, 0.2) is 0 Å². The number of aromatic nitrogens is 1. The number of fused-ring (bicyclic) bond motifs is 2. The molecule has 0 radical (unpaired) electrons. The molecule has 0 amide bonds. The lowest BCUT2D eigenvalue weighted by Gasteiger charge is -2.44. The van der Waals surface area contributed by atoms with Gasteiger partial charge in [0.05, 0.1) is 16.9 Å². The largest absolute Gasteiger partial charge is 0.489 e. The first-order chi connectivity index (χ1) is 14.7. The van der Waals surface area contributed by atoms with Gasteiger partial charge < -0.3 is 15.2 Å². The van der Waals surface area contributed by atoms with E-state index in [-0.39, 0.29) is 11.7 Å². The third-order valence-corrected chi connectivity index (χ3v) is 6.54. The number of nitrogens with two attached hydrogens (primary N) is 1. The summed E-state index contributed by atoms with van der Waals surface area (Å²) in [6.45, 7) is 4.99. The molecule has 5 rings (SSSR count). The van der Waals surface area contributed by atoms with Crippen LogP contribution in [0.2, 0.25) is 5.15 Å². The summed E-state index contributed by atoms with van der Waals surface area (Å²) in [4.78, 5) is 15.5. The second-order valence-electron chi connectivity index (χ2n) is 9.12. The Morgan fingerprint density at radius 3 is 2.74 bits per heavy atom. The van der Waals surface area contributed by atoms with Crippen LogP contribution in [0.1, 0.15) is 38.7 Å². The van der Waals surface area contributed by atoms with E-state index >= 15 is 0 Å². The van der Waals surface area contributed by atoms with Gasteiger partial charge in [-0.2, -0.15) is 0 Å². The van der Waals surface area contributed by atoms with E-state index < -0.39 is 5.72 Å². The Balaban J connectivity index is 1.56. The van der Waals surface area contributed by atoms with Crippen LogP contribution < -0.4 is 10.5 Å². The second kappa shape index (κ2) is 7.36. The zero-order valence-electron chi connectivity index (χ0n) is 18.0. The SMILES string of the molecule is CN1OC2(CC(C3CCOC(C)(C)C3)Oc3ccc(-c4cccc(Cl)n4)cc32)N=C1N. The molecule has 8 heteroatoms. The maximum Gasteiger partial charge on any atom is 0.221 e. The molecule has 3 atom stereocenters. The molecule has 2 aromatic rings. The van der Waals surface area contributed by atoms with Crippen molar-refractivity contribution < 1.29 is 14.3 Å². The molecular weight excluding hydrogens is 416 g/mol. The van der Waals surface area contributed by atoms with Crippen molar-refractivity contribution in [3.63, 3.8) is 0 Å². The molecule has 7 nitrogen and oxygen atoms in total. The van der Waals surface area contributed by atoms with Gasteiger partial charge in [-0.3, -0.25) is 0 Å². The number of ether oxygens (including phenoxy) is 2. The number of rotatable bonds is 2. The number of hydrogen-bond donors (Lipinski definition) is 1.